The Labute approximate surface area is 112 Å². The number of nitrogens with zero attached hydrogens (tertiary/aromatic N) is 1. The molecule has 0 aliphatic carbocycles. The monoisotopic (exact) mass is 313 g/mol. The molecule has 1 aromatic carbocycles. The van der Waals surface area contributed by atoms with Crippen LogP contribution in [0.5, 0.6) is 5.75 Å². The van der Waals surface area contributed by atoms with Crippen molar-refractivity contribution in [3.05, 3.63) is 22.7 Å². The van der Waals surface area contributed by atoms with Gasteiger partial charge in [0.15, 0.2) is 0 Å². The molecule has 1 unspecified atom stereocenters. The lowest BCUT2D eigenvalue weighted by molar-refractivity contribution is -0.141. The predicted molar refractivity (Wildman–Crippen MR) is 68.8 cm³/mol. The van der Waals surface area contributed by atoms with Crippen molar-refractivity contribution in [2.45, 2.75) is 6.42 Å². The van der Waals surface area contributed by atoms with E-state index < -0.39 is 11.9 Å². The van der Waals surface area contributed by atoms with Gasteiger partial charge in [-0.2, -0.15) is 0 Å². The molecule has 0 aromatic heterocycles. The minimum absolute atomic E-state index is 0.0327. The average Bonchev–Trinajstić information content (AvgIpc) is 2.71. The van der Waals surface area contributed by atoms with Crippen LogP contribution in [0, 0.1) is 5.92 Å². The third kappa shape index (κ3) is 2.33. The number of halogens is 1. The summed E-state index contributed by atoms with van der Waals surface area (Å²) in [4.78, 5) is 24.2. The number of amides is 1. The Morgan fingerprint density at radius 2 is 2.28 bits per heavy atom. The average molecular weight is 314 g/mol. The number of ether oxygens (including phenoxy) is 1. The fourth-order valence-electron chi connectivity index (χ4n) is 1.98. The second-order valence-corrected chi connectivity index (χ2v) is 4.98. The number of benzene rings is 1. The number of anilines is 1. The highest BCUT2D eigenvalue weighted by Gasteiger charge is 2.36. The number of rotatable bonds is 3. The molecule has 1 aromatic rings. The van der Waals surface area contributed by atoms with Gasteiger partial charge in [-0.25, -0.2) is 0 Å². The first-order valence-corrected chi connectivity index (χ1v) is 6.19. The fraction of sp³-hybridized carbons (Fsp3) is 0.333. The van der Waals surface area contributed by atoms with Crippen molar-refractivity contribution < 1.29 is 19.4 Å². The number of carbonyl (C=O) groups excluding carboxylic acids is 1. The summed E-state index contributed by atoms with van der Waals surface area (Å²) in [5.74, 6) is -1.24. The van der Waals surface area contributed by atoms with Crippen molar-refractivity contribution in [1.29, 1.82) is 0 Å². The number of carboxylic acids is 1. The molecule has 1 aliphatic heterocycles. The largest absolute Gasteiger partial charge is 0.495 e. The summed E-state index contributed by atoms with van der Waals surface area (Å²) in [5, 5.41) is 8.96. The molecule has 1 aliphatic rings. The van der Waals surface area contributed by atoms with Gasteiger partial charge >= 0.3 is 5.97 Å². The van der Waals surface area contributed by atoms with Crippen molar-refractivity contribution in [2.24, 2.45) is 5.92 Å². The van der Waals surface area contributed by atoms with E-state index in [1.165, 1.54) is 12.0 Å². The van der Waals surface area contributed by atoms with E-state index in [-0.39, 0.29) is 18.9 Å². The zero-order chi connectivity index (χ0) is 13.3. The molecule has 2 rings (SSSR count). The number of aliphatic carboxylic acids is 1. The zero-order valence-corrected chi connectivity index (χ0v) is 11.3. The van der Waals surface area contributed by atoms with Crippen molar-refractivity contribution in [3.8, 4) is 5.75 Å². The highest BCUT2D eigenvalue weighted by molar-refractivity contribution is 9.10. The highest BCUT2D eigenvalue weighted by Crippen LogP contribution is 2.35. The normalized spacial score (nSPS) is 19.1. The molecule has 18 heavy (non-hydrogen) atoms. The molecular formula is C12H12BrNO4. The third-order valence-corrected chi connectivity index (χ3v) is 3.40. The molecule has 1 N–H and O–H groups in total. The summed E-state index contributed by atoms with van der Waals surface area (Å²) in [6.07, 6.45) is 0.0327. The van der Waals surface area contributed by atoms with Gasteiger partial charge in [0, 0.05) is 17.4 Å². The van der Waals surface area contributed by atoms with Gasteiger partial charge in [0.2, 0.25) is 5.91 Å². The molecule has 0 saturated carbocycles. The van der Waals surface area contributed by atoms with Crippen LogP contribution in [0.2, 0.25) is 0 Å². The SMILES string of the molecule is COc1ccc(Br)cc1N1CC(C(=O)O)CC1=O. The lowest BCUT2D eigenvalue weighted by atomic mass is 10.1. The Morgan fingerprint density at radius 3 is 2.83 bits per heavy atom. The van der Waals surface area contributed by atoms with E-state index in [0.29, 0.717) is 11.4 Å². The van der Waals surface area contributed by atoms with Gasteiger partial charge in [-0.05, 0) is 18.2 Å². The maximum atomic E-state index is 11.9. The summed E-state index contributed by atoms with van der Waals surface area (Å²) < 4.78 is 6.00. The standard InChI is InChI=1S/C12H12BrNO4/c1-18-10-3-2-8(13)5-9(10)14-6-7(12(16)17)4-11(14)15/h2-3,5,7H,4,6H2,1H3,(H,16,17). The topological polar surface area (TPSA) is 66.8 Å². The van der Waals surface area contributed by atoms with E-state index in [0.717, 1.165) is 4.47 Å². The minimum atomic E-state index is -0.945. The van der Waals surface area contributed by atoms with Crippen LogP contribution in [0.25, 0.3) is 0 Å². The Hall–Kier alpha value is -1.56. The van der Waals surface area contributed by atoms with Gasteiger partial charge in [-0.3, -0.25) is 9.59 Å². The summed E-state index contributed by atoms with van der Waals surface area (Å²) in [6.45, 7) is 0.182. The van der Waals surface area contributed by atoms with Gasteiger partial charge in [-0.15, -0.1) is 0 Å². The Bertz CT molecular complexity index is 503. The van der Waals surface area contributed by atoms with E-state index in [2.05, 4.69) is 15.9 Å². The maximum absolute atomic E-state index is 11.9. The molecule has 96 valence electrons. The van der Waals surface area contributed by atoms with Crippen molar-refractivity contribution in [1.82, 2.24) is 0 Å². The van der Waals surface area contributed by atoms with E-state index >= 15 is 0 Å². The van der Waals surface area contributed by atoms with Crippen molar-refractivity contribution >= 4 is 33.5 Å². The molecule has 0 bridgehead atoms. The summed E-state index contributed by atoms with van der Waals surface area (Å²) in [5.41, 5.74) is 0.598. The predicted octanol–water partition coefficient (Wildman–Crippen LogP) is 1.90. The second kappa shape index (κ2) is 4.97. The van der Waals surface area contributed by atoms with Crippen LogP contribution >= 0.6 is 15.9 Å². The summed E-state index contributed by atoms with van der Waals surface area (Å²) in [6, 6.07) is 5.29. The second-order valence-electron chi connectivity index (χ2n) is 4.06. The van der Waals surface area contributed by atoms with E-state index in [1.54, 1.807) is 18.2 Å². The lowest BCUT2D eigenvalue weighted by Crippen LogP contribution is -2.26. The lowest BCUT2D eigenvalue weighted by Gasteiger charge is -2.19. The van der Waals surface area contributed by atoms with Gasteiger partial charge in [0.1, 0.15) is 5.75 Å². The van der Waals surface area contributed by atoms with E-state index in [9.17, 15) is 9.59 Å². The quantitative estimate of drug-likeness (QED) is 0.925. The summed E-state index contributed by atoms with van der Waals surface area (Å²) >= 11 is 3.33. The van der Waals surface area contributed by atoms with Crippen LogP contribution in [0.1, 0.15) is 6.42 Å². The highest BCUT2D eigenvalue weighted by atomic mass is 79.9. The van der Waals surface area contributed by atoms with Crippen LogP contribution in [-0.4, -0.2) is 30.6 Å². The first kappa shape index (κ1) is 12.9. The van der Waals surface area contributed by atoms with Crippen LogP contribution < -0.4 is 9.64 Å². The van der Waals surface area contributed by atoms with Crippen LogP contribution in [0.3, 0.4) is 0 Å². The summed E-state index contributed by atoms with van der Waals surface area (Å²) in [7, 11) is 1.52. The van der Waals surface area contributed by atoms with Crippen LogP contribution in [0.4, 0.5) is 5.69 Å². The van der Waals surface area contributed by atoms with Gasteiger partial charge < -0.3 is 14.7 Å². The minimum Gasteiger partial charge on any atom is -0.495 e. The van der Waals surface area contributed by atoms with E-state index in [4.69, 9.17) is 9.84 Å². The van der Waals surface area contributed by atoms with Crippen molar-refractivity contribution in [3.63, 3.8) is 0 Å². The molecule has 5 nitrogen and oxygen atoms in total. The number of methoxy groups -OCH3 is 1. The molecule has 0 radical (unpaired) electrons. The third-order valence-electron chi connectivity index (χ3n) is 2.91. The number of hydrogen-bond acceptors (Lipinski definition) is 3. The first-order valence-electron chi connectivity index (χ1n) is 5.39. The van der Waals surface area contributed by atoms with Gasteiger partial charge in [0.25, 0.3) is 0 Å². The molecule has 1 heterocycles. The smallest absolute Gasteiger partial charge is 0.308 e. The zero-order valence-electron chi connectivity index (χ0n) is 9.72. The number of carboxylic acid groups (broad SMARTS) is 1. The Morgan fingerprint density at radius 1 is 1.56 bits per heavy atom. The maximum Gasteiger partial charge on any atom is 0.308 e. The van der Waals surface area contributed by atoms with Crippen LogP contribution in [-0.2, 0) is 9.59 Å². The van der Waals surface area contributed by atoms with Crippen LogP contribution in [0.15, 0.2) is 22.7 Å². The number of carbonyl (C=O) groups is 2. The first-order chi connectivity index (χ1) is 8.52. The molecule has 1 fully saturated rings. The Kier molecular flexibility index (Phi) is 3.56. The molecule has 6 heteroatoms. The Balaban J connectivity index is 2.34. The fourth-order valence-corrected chi connectivity index (χ4v) is 2.33. The van der Waals surface area contributed by atoms with Crippen molar-refractivity contribution in [2.75, 3.05) is 18.6 Å². The van der Waals surface area contributed by atoms with Gasteiger partial charge in [0.05, 0.1) is 18.7 Å². The molecule has 1 atom stereocenters. The molecule has 0 spiro atoms. The number of hydrogen-bond donors (Lipinski definition) is 1. The molecule has 1 saturated heterocycles. The molecule has 1 amide bonds. The van der Waals surface area contributed by atoms with E-state index in [1.807, 2.05) is 0 Å². The molecular weight excluding hydrogens is 302 g/mol. The van der Waals surface area contributed by atoms with Gasteiger partial charge in [-0.1, -0.05) is 15.9 Å².